The molecule has 1 saturated heterocycles. The molecule has 1 heterocycles. The highest BCUT2D eigenvalue weighted by atomic mass is 35.5. The summed E-state index contributed by atoms with van der Waals surface area (Å²) in [7, 11) is 0. The lowest BCUT2D eigenvalue weighted by Crippen LogP contribution is -2.29. The number of Topliss-reactive ketones (excluding diaryl/α,β-unsaturated/α-hetero) is 1. The molecule has 9 heteroatoms. The van der Waals surface area contributed by atoms with E-state index in [-0.39, 0.29) is 31.9 Å². The molecule has 1 unspecified atom stereocenters. The van der Waals surface area contributed by atoms with Crippen molar-refractivity contribution >= 4 is 57.9 Å². The molecule has 1 amide bonds. The summed E-state index contributed by atoms with van der Waals surface area (Å²) in [6, 6.07) is 13.2. The van der Waals surface area contributed by atoms with E-state index in [2.05, 4.69) is 0 Å². The maximum atomic E-state index is 13.6. The number of rotatable bonds is 5. The zero-order valence-electron chi connectivity index (χ0n) is 17.7. The van der Waals surface area contributed by atoms with Gasteiger partial charge in [0.25, 0.3) is 11.7 Å². The number of halogens is 4. The summed E-state index contributed by atoms with van der Waals surface area (Å²) in [6.07, 6.45) is 0. The Morgan fingerprint density at radius 1 is 0.971 bits per heavy atom. The summed E-state index contributed by atoms with van der Waals surface area (Å²) in [4.78, 5) is 27.5. The SMILES string of the molecule is CCOc1ccc(Cl)c(/C(O)=C2\C(=O)C(=O)N(c3ccc(F)cc3)C2c2ccc(Cl)c(Cl)c2)c1. The van der Waals surface area contributed by atoms with Crippen LogP contribution in [0, 0.1) is 5.82 Å². The highest BCUT2D eigenvalue weighted by molar-refractivity contribution is 6.52. The fourth-order valence-corrected chi connectivity index (χ4v) is 4.30. The maximum Gasteiger partial charge on any atom is 0.300 e. The van der Waals surface area contributed by atoms with E-state index in [4.69, 9.17) is 39.5 Å². The summed E-state index contributed by atoms with van der Waals surface area (Å²) in [5.74, 6) is -2.40. The number of carbonyl (C=O) groups is 2. The Balaban J connectivity index is 1.97. The number of ketones is 1. The zero-order chi connectivity index (χ0) is 24.6. The number of benzene rings is 3. The summed E-state index contributed by atoms with van der Waals surface area (Å²) >= 11 is 18.6. The maximum absolute atomic E-state index is 13.6. The lowest BCUT2D eigenvalue weighted by molar-refractivity contribution is -0.132. The van der Waals surface area contributed by atoms with Crippen LogP contribution in [0.5, 0.6) is 5.75 Å². The van der Waals surface area contributed by atoms with Crippen LogP contribution in [0.15, 0.2) is 66.2 Å². The molecule has 3 aromatic rings. The molecule has 34 heavy (non-hydrogen) atoms. The quantitative estimate of drug-likeness (QED) is 0.228. The fourth-order valence-electron chi connectivity index (χ4n) is 3.79. The van der Waals surface area contributed by atoms with E-state index in [1.807, 2.05) is 0 Å². The van der Waals surface area contributed by atoms with Crippen molar-refractivity contribution in [1.82, 2.24) is 0 Å². The van der Waals surface area contributed by atoms with Crippen LogP contribution in [0.3, 0.4) is 0 Å². The first-order valence-corrected chi connectivity index (χ1v) is 11.3. The van der Waals surface area contributed by atoms with Gasteiger partial charge in [-0.1, -0.05) is 40.9 Å². The molecule has 0 aromatic heterocycles. The molecule has 0 spiro atoms. The molecule has 1 atom stereocenters. The van der Waals surface area contributed by atoms with Crippen LogP contribution < -0.4 is 9.64 Å². The molecule has 0 radical (unpaired) electrons. The molecule has 5 nitrogen and oxygen atoms in total. The monoisotopic (exact) mass is 519 g/mol. The fraction of sp³-hybridized carbons (Fsp3) is 0.120. The van der Waals surface area contributed by atoms with Crippen LogP contribution in [-0.2, 0) is 9.59 Å². The number of nitrogens with zero attached hydrogens (tertiary/aromatic N) is 1. The Bertz CT molecular complexity index is 1320. The number of aliphatic hydroxyl groups is 1. The van der Waals surface area contributed by atoms with E-state index in [9.17, 15) is 19.1 Å². The van der Waals surface area contributed by atoms with Gasteiger partial charge in [0.15, 0.2) is 0 Å². The van der Waals surface area contributed by atoms with Crippen molar-refractivity contribution in [3.63, 3.8) is 0 Å². The minimum atomic E-state index is -1.08. The molecule has 4 rings (SSSR count). The zero-order valence-corrected chi connectivity index (χ0v) is 20.0. The predicted molar refractivity (Wildman–Crippen MR) is 130 cm³/mol. The van der Waals surface area contributed by atoms with E-state index in [1.165, 1.54) is 53.4 Å². The first-order valence-electron chi connectivity index (χ1n) is 10.2. The number of carbonyl (C=O) groups excluding carboxylic acids is 2. The average Bonchev–Trinajstić information content (AvgIpc) is 3.08. The van der Waals surface area contributed by atoms with Gasteiger partial charge in [-0.25, -0.2) is 4.39 Å². The Hall–Kier alpha value is -3.06. The summed E-state index contributed by atoms with van der Waals surface area (Å²) in [5.41, 5.74) is 0.586. The van der Waals surface area contributed by atoms with Crippen molar-refractivity contribution in [3.8, 4) is 5.75 Å². The number of hydrogen-bond acceptors (Lipinski definition) is 4. The number of hydrogen-bond donors (Lipinski definition) is 1. The molecule has 174 valence electrons. The van der Waals surface area contributed by atoms with E-state index in [0.717, 1.165) is 0 Å². The average molecular weight is 521 g/mol. The molecule has 0 aliphatic carbocycles. The second-order valence-corrected chi connectivity index (χ2v) is 8.62. The molecule has 3 aromatic carbocycles. The molecule has 1 aliphatic rings. The van der Waals surface area contributed by atoms with Gasteiger partial charge in [0, 0.05) is 11.3 Å². The molecule has 1 N–H and O–H groups in total. The van der Waals surface area contributed by atoms with Crippen molar-refractivity contribution in [2.24, 2.45) is 0 Å². The number of amides is 1. The topological polar surface area (TPSA) is 66.8 Å². The van der Waals surface area contributed by atoms with Gasteiger partial charge in [-0.2, -0.15) is 0 Å². The second-order valence-electron chi connectivity index (χ2n) is 7.39. The normalized spacial score (nSPS) is 17.3. The Labute approximate surface area is 209 Å². The minimum absolute atomic E-state index is 0.120. The van der Waals surface area contributed by atoms with Gasteiger partial charge < -0.3 is 9.84 Å². The Kier molecular flexibility index (Phi) is 6.84. The molecule has 1 aliphatic heterocycles. The van der Waals surface area contributed by atoms with Gasteiger partial charge in [-0.05, 0) is 67.1 Å². The van der Waals surface area contributed by atoms with Gasteiger partial charge in [-0.15, -0.1) is 0 Å². The van der Waals surface area contributed by atoms with Crippen molar-refractivity contribution in [2.75, 3.05) is 11.5 Å². The van der Waals surface area contributed by atoms with Crippen LogP contribution in [0.1, 0.15) is 24.1 Å². The third kappa shape index (κ3) is 4.37. The van der Waals surface area contributed by atoms with Crippen molar-refractivity contribution in [1.29, 1.82) is 0 Å². The minimum Gasteiger partial charge on any atom is -0.507 e. The van der Waals surface area contributed by atoms with E-state index < -0.39 is 29.3 Å². The molecular formula is C25H17Cl3FNO4. The molecule has 0 bridgehead atoms. The smallest absolute Gasteiger partial charge is 0.300 e. The third-order valence-corrected chi connectivity index (χ3v) is 6.38. The van der Waals surface area contributed by atoms with E-state index >= 15 is 0 Å². The summed E-state index contributed by atoms with van der Waals surface area (Å²) < 4.78 is 19.0. The van der Waals surface area contributed by atoms with Gasteiger partial charge in [0.2, 0.25) is 0 Å². The van der Waals surface area contributed by atoms with Crippen molar-refractivity contribution < 1.29 is 23.8 Å². The lowest BCUT2D eigenvalue weighted by atomic mass is 9.95. The highest BCUT2D eigenvalue weighted by Gasteiger charge is 2.47. The van der Waals surface area contributed by atoms with E-state index in [0.29, 0.717) is 17.9 Å². The third-order valence-electron chi connectivity index (χ3n) is 5.31. The summed E-state index contributed by atoms with van der Waals surface area (Å²) in [6.45, 7) is 2.17. The van der Waals surface area contributed by atoms with Crippen LogP contribution >= 0.6 is 34.8 Å². The predicted octanol–water partition coefficient (Wildman–Crippen LogP) is 6.81. The Morgan fingerprint density at radius 2 is 1.65 bits per heavy atom. The van der Waals surface area contributed by atoms with Crippen LogP contribution in [-0.4, -0.2) is 23.4 Å². The van der Waals surface area contributed by atoms with Gasteiger partial charge in [0.05, 0.1) is 33.3 Å². The van der Waals surface area contributed by atoms with Crippen LogP contribution in [0.25, 0.3) is 5.76 Å². The van der Waals surface area contributed by atoms with Gasteiger partial charge >= 0.3 is 0 Å². The highest BCUT2D eigenvalue weighted by Crippen LogP contribution is 2.44. The molecular weight excluding hydrogens is 504 g/mol. The van der Waals surface area contributed by atoms with Crippen LogP contribution in [0.2, 0.25) is 15.1 Å². The number of ether oxygens (including phenoxy) is 1. The van der Waals surface area contributed by atoms with Crippen LogP contribution in [0.4, 0.5) is 10.1 Å². The summed E-state index contributed by atoms with van der Waals surface area (Å²) in [5, 5.41) is 11.9. The molecule has 1 fully saturated rings. The number of anilines is 1. The van der Waals surface area contributed by atoms with Crippen molar-refractivity contribution in [2.45, 2.75) is 13.0 Å². The number of aliphatic hydroxyl groups excluding tert-OH is 1. The second kappa shape index (κ2) is 9.66. The first-order chi connectivity index (χ1) is 16.2. The van der Waals surface area contributed by atoms with Gasteiger partial charge in [-0.3, -0.25) is 14.5 Å². The lowest BCUT2D eigenvalue weighted by Gasteiger charge is -2.25. The largest absolute Gasteiger partial charge is 0.507 e. The standard InChI is InChI=1S/C25H17Cl3FNO4/c1-2-34-16-8-10-18(26)17(12-16)23(31)21-22(13-3-9-19(27)20(28)11-13)30(25(33)24(21)32)15-6-4-14(29)5-7-15/h3-12,22,31H,2H2,1H3/b23-21+. The van der Waals surface area contributed by atoms with E-state index in [1.54, 1.807) is 19.1 Å². The van der Waals surface area contributed by atoms with Gasteiger partial charge in [0.1, 0.15) is 17.3 Å². The molecule has 0 saturated carbocycles. The van der Waals surface area contributed by atoms with Crippen molar-refractivity contribution in [3.05, 3.63) is 98.2 Å². The Morgan fingerprint density at radius 3 is 2.29 bits per heavy atom. The first kappa shape index (κ1) is 24.1.